The summed E-state index contributed by atoms with van der Waals surface area (Å²) in [6.07, 6.45) is 4.19. The van der Waals surface area contributed by atoms with Crippen molar-refractivity contribution in [2.75, 3.05) is 10.6 Å². The van der Waals surface area contributed by atoms with Crippen molar-refractivity contribution in [3.8, 4) is 11.4 Å². The van der Waals surface area contributed by atoms with Crippen molar-refractivity contribution in [2.24, 2.45) is 0 Å². The Labute approximate surface area is 347 Å². The maximum Gasteiger partial charge on any atom is 0.327 e. The van der Waals surface area contributed by atoms with E-state index in [1.165, 1.54) is 0 Å². The van der Waals surface area contributed by atoms with E-state index in [2.05, 4.69) is 130 Å². The Bertz CT molecular complexity index is 2310. The molecule has 8 nitrogen and oxygen atoms in total. The summed E-state index contributed by atoms with van der Waals surface area (Å²) < 4.78 is 4.30. The summed E-state index contributed by atoms with van der Waals surface area (Å²) in [4.78, 5) is 20.5. The maximum absolute atomic E-state index is 5.21. The van der Waals surface area contributed by atoms with Crippen molar-refractivity contribution >= 4 is 34.3 Å². The molecule has 3 heterocycles. The lowest BCUT2D eigenvalue weighted by Crippen LogP contribution is -3.00. The van der Waals surface area contributed by atoms with Gasteiger partial charge in [-0.25, -0.2) is 19.5 Å². The summed E-state index contributed by atoms with van der Waals surface area (Å²) in [5.41, 5.74) is 10.4. The highest BCUT2D eigenvalue weighted by molar-refractivity contribution is 5.73. The molecule has 0 atom stereocenters. The molecule has 0 amide bonds. The second-order valence-corrected chi connectivity index (χ2v) is 17.6. The standard InChI is InChI=1S/C24H25N4.C23H26N4.HI/c1-23(2)15-24(3,4)20-19(23)25-21-22(26-20)28(18-13-9-6-10-14-18)16-27(21)17-11-7-5-8-12-17;1-22(2)15-23(3,4)19-18(22)26-20(24-16-11-7-5-8-12-16)21(27-19)25-17-13-9-6-10-14-17;/h5-14,16H,15H2,1-4H3;5-14H,15H2,1-4H3,(H,24,26)(H,25,27);1H/q+1;;/p-1. The Morgan fingerprint density at radius 3 is 1.30 bits per heavy atom. The number of fused-ring (bicyclic) bond motifs is 3. The Balaban J connectivity index is 0.000000169. The van der Waals surface area contributed by atoms with Crippen molar-refractivity contribution in [1.82, 2.24) is 24.5 Å². The van der Waals surface area contributed by atoms with Gasteiger partial charge in [-0.1, -0.05) is 128 Å². The molecule has 4 aromatic carbocycles. The van der Waals surface area contributed by atoms with Crippen LogP contribution in [0.4, 0.5) is 23.0 Å². The van der Waals surface area contributed by atoms with Crippen LogP contribution in [0.25, 0.3) is 22.7 Å². The minimum atomic E-state index is 0. The topological polar surface area (TPSA) is 84.4 Å². The van der Waals surface area contributed by atoms with Gasteiger partial charge in [-0.3, -0.25) is 0 Å². The number of anilines is 4. The van der Waals surface area contributed by atoms with Crippen LogP contribution in [0.5, 0.6) is 0 Å². The zero-order valence-corrected chi connectivity index (χ0v) is 35.8. The molecule has 0 spiro atoms. The van der Waals surface area contributed by atoms with Gasteiger partial charge in [0, 0.05) is 33.0 Å². The van der Waals surface area contributed by atoms with Gasteiger partial charge in [0.15, 0.2) is 11.6 Å². The smallest absolute Gasteiger partial charge is 0.327 e. The maximum atomic E-state index is 5.21. The lowest BCUT2D eigenvalue weighted by atomic mass is 9.83. The molecular weight excluding hydrogens is 803 g/mol. The summed E-state index contributed by atoms with van der Waals surface area (Å²) in [7, 11) is 0. The van der Waals surface area contributed by atoms with E-state index in [1.807, 2.05) is 72.8 Å². The minimum Gasteiger partial charge on any atom is -1.00 e. The van der Waals surface area contributed by atoms with Gasteiger partial charge in [-0.05, 0) is 61.4 Å². The van der Waals surface area contributed by atoms with E-state index in [4.69, 9.17) is 19.9 Å². The first-order valence-corrected chi connectivity index (χ1v) is 19.3. The molecule has 7 aromatic rings. The highest BCUT2D eigenvalue weighted by atomic mass is 127. The highest BCUT2D eigenvalue weighted by Gasteiger charge is 2.48. The number of imidazole rings is 1. The largest absolute Gasteiger partial charge is 1.00 e. The quantitative estimate of drug-likeness (QED) is 0.133. The number of nitrogens with zero attached hydrogens (tertiary/aromatic N) is 6. The van der Waals surface area contributed by atoms with Crippen molar-refractivity contribution in [1.29, 1.82) is 0 Å². The van der Waals surface area contributed by atoms with E-state index in [0.29, 0.717) is 0 Å². The van der Waals surface area contributed by atoms with Gasteiger partial charge in [0.25, 0.3) is 5.65 Å². The van der Waals surface area contributed by atoms with Gasteiger partial charge < -0.3 is 34.6 Å². The Kier molecular flexibility index (Phi) is 10.3. The predicted octanol–water partition coefficient (Wildman–Crippen LogP) is 7.58. The molecule has 2 aliphatic carbocycles. The third-order valence-electron chi connectivity index (χ3n) is 10.9. The van der Waals surface area contributed by atoms with E-state index in [1.54, 1.807) is 0 Å². The van der Waals surface area contributed by atoms with Crippen LogP contribution in [0.3, 0.4) is 0 Å². The molecule has 0 saturated carbocycles. The molecule has 0 unspecified atom stereocenters. The van der Waals surface area contributed by atoms with Gasteiger partial charge in [-0.15, -0.1) is 4.98 Å². The molecule has 2 N–H and O–H groups in total. The third kappa shape index (κ3) is 7.41. The summed E-state index contributed by atoms with van der Waals surface area (Å²) in [5, 5.41) is 6.90. The van der Waals surface area contributed by atoms with Gasteiger partial charge in [0.05, 0.1) is 17.1 Å². The van der Waals surface area contributed by atoms with Crippen molar-refractivity contribution < 1.29 is 28.5 Å². The van der Waals surface area contributed by atoms with E-state index in [0.717, 1.165) is 81.3 Å². The molecule has 56 heavy (non-hydrogen) atoms. The Morgan fingerprint density at radius 2 is 0.857 bits per heavy atom. The fourth-order valence-corrected chi connectivity index (χ4v) is 8.88. The molecule has 9 heteroatoms. The number of nitrogens with one attached hydrogen (secondary N) is 2. The van der Waals surface area contributed by atoms with Crippen molar-refractivity contribution in [3.63, 3.8) is 0 Å². The van der Waals surface area contributed by atoms with Crippen LogP contribution in [0.1, 0.15) is 91.0 Å². The van der Waals surface area contributed by atoms with Crippen LogP contribution in [-0.2, 0) is 21.7 Å². The second-order valence-electron chi connectivity index (χ2n) is 17.6. The van der Waals surface area contributed by atoms with Gasteiger partial charge in [-0.2, -0.15) is 4.57 Å². The number of hydrogen-bond donors (Lipinski definition) is 2. The number of rotatable bonds is 6. The van der Waals surface area contributed by atoms with E-state index < -0.39 is 0 Å². The van der Waals surface area contributed by atoms with Gasteiger partial charge in [0.1, 0.15) is 17.1 Å². The van der Waals surface area contributed by atoms with Gasteiger partial charge >= 0.3 is 5.65 Å². The fourth-order valence-electron chi connectivity index (χ4n) is 8.88. The molecule has 0 radical (unpaired) electrons. The van der Waals surface area contributed by atoms with E-state index >= 15 is 0 Å². The van der Waals surface area contributed by atoms with Gasteiger partial charge in [0.2, 0.25) is 6.33 Å². The van der Waals surface area contributed by atoms with Crippen molar-refractivity contribution in [2.45, 2.75) is 89.9 Å². The fraction of sp³-hybridized carbons (Fsp3) is 0.298. The van der Waals surface area contributed by atoms with Crippen LogP contribution in [0.2, 0.25) is 0 Å². The zero-order valence-electron chi connectivity index (χ0n) is 33.6. The predicted molar refractivity (Wildman–Crippen MR) is 223 cm³/mol. The molecular formula is C47H51IN8. The lowest BCUT2D eigenvalue weighted by molar-refractivity contribution is -0.570. The molecule has 0 saturated heterocycles. The number of benzene rings is 4. The summed E-state index contributed by atoms with van der Waals surface area (Å²) in [5.74, 6) is 1.52. The molecule has 9 rings (SSSR count). The number of aromatic nitrogens is 6. The SMILES string of the molecule is CC1(C)CC(C)(C)c2nc(Nc3ccccc3)c(Nc3ccccc3)nc21.CC1(C)CC(C)(C)c2nc3c(nc21)n(-c1ccccc1)c[n+]3-c1ccccc1.[I-]. The van der Waals surface area contributed by atoms with Crippen LogP contribution in [0, 0.1) is 0 Å². The van der Waals surface area contributed by atoms with Crippen molar-refractivity contribution in [3.05, 3.63) is 150 Å². The molecule has 0 fully saturated rings. The molecule has 3 aromatic heterocycles. The Morgan fingerprint density at radius 1 is 0.482 bits per heavy atom. The number of para-hydroxylation sites is 4. The van der Waals surface area contributed by atoms with Crippen LogP contribution in [-0.4, -0.2) is 24.5 Å². The third-order valence-corrected chi connectivity index (χ3v) is 10.9. The summed E-state index contributed by atoms with van der Waals surface area (Å²) in [6.45, 7) is 18.1. The average molecular weight is 855 g/mol. The van der Waals surface area contributed by atoms with Crippen LogP contribution in [0.15, 0.2) is 128 Å². The first kappa shape index (κ1) is 39.1. The summed E-state index contributed by atoms with van der Waals surface area (Å²) in [6, 6.07) is 41.0. The molecule has 286 valence electrons. The minimum absolute atomic E-state index is 0. The zero-order chi connectivity index (χ0) is 38.6. The number of hydrogen-bond acceptors (Lipinski definition) is 6. The van der Waals surface area contributed by atoms with Crippen LogP contribution < -0.4 is 39.2 Å². The average Bonchev–Trinajstić information content (AvgIpc) is 3.69. The lowest BCUT2D eigenvalue weighted by Gasteiger charge is -2.21. The summed E-state index contributed by atoms with van der Waals surface area (Å²) >= 11 is 0. The molecule has 0 aliphatic heterocycles. The normalized spacial score (nSPS) is 16.5. The van der Waals surface area contributed by atoms with E-state index in [9.17, 15) is 0 Å². The Hall–Kier alpha value is -5.16. The first-order valence-electron chi connectivity index (χ1n) is 19.3. The second kappa shape index (κ2) is 14.7. The van der Waals surface area contributed by atoms with E-state index in [-0.39, 0.29) is 45.6 Å². The highest BCUT2D eigenvalue weighted by Crippen LogP contribution is 2.49. The molecule has 0 bridgehead atoms. The monoisotopic (exact) mass is 854 g/mol. The first-order chi connectivity index (χ1) is 26.2. The van der Waals surface area contributed by atoms with Crippen LogP contribution >= 0.6 is 0 Å². The molecule has 2 aliphatic rings. The number of halogens is 1.